The minimum absolute atomic E-state index is 0. The molecule has 1 aliphatic rings. The van der Waals surface area contributed by atoms with E-state index in [2.05, 4.69) is 35.1 Å². The number of nitrogens with one attached hydrogen (secondary N) is 2. The highest BCUT2D eigenvalue weighted by molar-refractivity contribution is 14.0. The highest BCUT2D eigenvalue weighted by Crippen LogP contribution is 2.25. The van der Waals surface area contributed by atoms with Gasteiger partial charge in [-0.25, -0.2) is 4.99 Å². The summed E-state index contributed by atoms with van der Waals surface area (Å²) in [5.41, 5.74) is 0.477. The molecule has 0 fully saturated rings. The van der Waals surface area contributed by atoms with E-state index in [0.717, 1.165) is 37.5 Å². The van der Waals surface area contributed by atoms with Gasteiger partial charge in [0, 0.05) is 30.1 Å². The molecule has 3 rings (SSSR count). The molecular formula is C18H24ClF2IN6O. The third kappa shape index (κ3) is 6.66. The van der Waals surface area contributed by atoms with Crippen molar-refractivity contribution >= 4 is 41.5 Å². The first-order chi connectivity index (χ1) is 13.6. The van der Waals surface area contributed by atoms with E-state index in [9.17, 15) is 8.78 Å². The Kier molecular flexibility index (Phi) is 9.34. The van der Waals surface area contributed by atoms with Crippen molar-refractivity contribution in [3.63, 3.8) is 0 Å². The number of halogens is 4. The Balaban J connectivity index is 0.00000300. The first-order valence-corrected chi connectivity index (χ1v) is 9.61. The van der Waals surface area contributed by atoms with Crippen LogP contribution in [0, 0.1) is 0 Å². The maximum absolute atomic E-state index is 12.6. The minimum Gasteiger partial charge on any atom is -0.434 e. The molecular weight excluding hydrogens is 517 g/mol. The van der Waals surface area contributed by atoms with Crippen LogP contribution in [-0.4, -0.2) is 33.9 Å². The number of hydrogen-bond acceptors (Lipinski definition) is 4. The number of aliphatic imine (C=N–C) groups is 1. The fourth-order valence-electron chi connectivity index (χ4n) is 3.05. The van der Waals surface area contributed by atoms with Gasteiger partial charge in [0.25, 0.3) is 0 Å². The first-order valence-electron chi connectivity index (χ1n) is 9.23. The second kappa shape index (κ2) is 11.5. The Morgan fingerprint density at radius 3 is 2.90 bits per heavy atom. The molecule has 0 aliphatic carbocycles. The zero-order chi connectivity index (χ0) is 19.9. The van der Waals surface area contributed by atoms with Crippen LogP contribution in [0.5, 0.6) is 5.75 Å². The zero-order valence-corrected chi connectivity index (χ0v) is 19.1. The number of benzene rings is 1. The molecule has 7 nitrogen and oxygen atoms in total. The SMILES string of the molecule is CCNC(=NCc1cc(Cl)ccc1OC(F)F)NCc1nnc2n1CCCC2.I. The monoisotopic (exact) mass is 540 g/mol. The van der Waals surface area contributed by atoms with Gasteiger partial charge in [-0.1, -0.05) is 11.6 Å². The van der Waals surface area contributed by atoms with Crippen LogP contribution in [0.1, 0.15) is 37.0 Å². The van der Waals surface area contributed by atoms with Crippen molar-refractivity contribution in [1.29, 1.82) is 0 Å². The molecule has 0 unspecified atom stereocenters. The average Bonchev–Trinajstić information content (AvgIpc) is 3.09. The van der Waals surface area contributed by atoms with Crippen LogP contribution in [0.15, 0.2) is 23.2 Å². The average molecular weight is 541 g/mol. The number of guanidine groups is 1. The van der Waals surface area contributed by atoms with Gasteiger partial charge in [0.1, 0.15) is 11.6 Å². The first kappa shape index (κ1) is 23.6. The number of rotatable bonds is 7. The summed E-state index contributed by atoms with van der Waals surface area (Å²) in [5, 5.41) is 15.3. The van der Waals surface area contributed by atoms with Crippen LogP contribution in [0.3, 0.4) is 0 Å². The zero-order valence-electron chi connectivity index (χ0n) is 16.0. The van der Waals surface area contributed by atoms with Gasteiger partial charge in [-0.15, -0.1) is 34.2 Å². The Morgan fingerprint density at radius 2 is 2.14 bits per heavy atom. The largest absolute Gasteiger partial charge is 0.434 e. The lowest BCUT2D eigenvalue weighted by atomic mass is 10.2. The molecule has 29 heavy (non-hydrogen) atoms. The summed E-state index contributed by atoms with van der Waals surface area (Å²) in [7, 11) is 0. The van der Waals surface area contributed by atoms with Gasteiger partial charge in [0.15, 0.2) is 11.8 Å². The predicted molar refractivity (Wildman–Crippen MR) is 118 cm³/mol. The standard InChI is InChI=1S/C18H23ClF2N6O.HI/c1-2-22-18(24-11-16-26-25-15-5-3-4-8-27(15)16)23-10-12-9-13(19)6-7-14(12)28-17(20)21;/h6-7,9,17H,2-5,8,10-11H2,1H3,(H2,22,23,24);1H. The molecule has 0 amide bonds. The van der Waals surface area contributed by atoms with Crippen LogP contribution in [0.25, 0.3) is 0 Å². The van der Waals surface area contributed by atoms with Gasteiger partial charge < -0.3 is 19.9 Å². The summed E-state index contributed by atoms with van der Waals surface area (Å²) in [6.07, 6.45) is 3.20. The summed E-state index contributed by atoms with van der Waals surface area (Å²) in [6, 6.07) is 4.49. The summed E-state index contributed by atoms with van der Waals surface area (Å²) in [6.45, 7) is 1.21. The van der Waals surface area contributed by atoms with Gasteiger partial charge in [0.2, 0.25) is 0 Å². The predicted octanol–water partition coefficient (Wildman–Crippen LogP) is 3.74. The third-order valence-electron chi connectivity index (χ3n) is 4.34. The van der Waals surface area contributed by atoms with E-state index >= 15 is 0 Å². The van der Waals surface area contributed by atoms with E-state index in [1.54, 1.807) is 6.07 Å². The van der Waals surface area contributed by atoms with Crippen LogP contribution >= 0.6 is 35.6 Å². The molecule has 1 aromatic carbocycles. The number of alkyl halides is 2. The highest BCUT2D eigenvalue weighted by Gasteiger charge is 2.16. The maximum atomic E-state index is 12.6. The minimum atomic E-state index is -2.91. The van der Waals surface area contributed by atoms with Crippen molar-refractivity contribution in [2.24, 2.45) is 4.99 Å². The lowest BCUT2D eigenvalue weighted by Gasteiger charge is -2.16. The molecule has 0 radical (unpaired) electrons. The normalized spacial score (nSPS) is 13.6. The molecule has 2 N–H and O–H groups in total. The van der Waals surface area contributed by atoms with Crippen molar-refractivity contribution in [3.05, 3.63) is 40.4 Å². The number of ether oxygens (including phenoxy) is 1. The van der Waals surface area contributed by atoms with E-state index in [1.807, 2.05) is 6.92 Å². The Hall–Kier alpha value is -1.69. The van der Waals surface area contributed by atoms with Crippen LogP contribution in [0.2, 0.25) is 5.02 Å². The van der Waals surface area contributed by atoms with Crippen molar-refractivity contribution in [2.75, 3.05) is 6.54 Å². The highest BCUT2D eigenvalue weighted by atomic mass is 127. The van der Waals surface area contributed by atoms with Crippen LogP contribution < -0.4 is 15.4 Å². The van der Waals surface area contributed by atoms with Crippen LogP contribution in [0.4, 0.5) is 8.78 Å². The lowest BCUT2D eigenvalue weighted by molar-refractivity contribution is -0.0504. The lowest BCUT2D eigenvalue weighted by Crippen LogP contribution is -2.37. The van der Waals surface area contributed by atoms with Gasteiger partial charge in [-0.2, -0.15) is 8.78 Å². The van der Waals surface area contributed by atoms with E-state index in [4.69, 9.17) is 11.6 Å². The fourth-order valence-corrected chi connectivity index (χ4v) is 3.25. The molecule has 1 aromatic heterocycles. The van der Waals surface area contributed by atoms with E-state index in [-0.39, 0.29) is 36.3 Å². The van der Waals surface area contributed by atoms with Crippen molar-refractivity contribution in [1.82, 2.24) is 25.4 Å². The Bertz CT molecular complexity index is 833. The summed E-state index contributed by atoms with van der Waals surface area (Å²) >= 11 is 5.99. The molecule has 2 heterocycles. The van der Waals surface area contributed by atoms with E-state index < -0.39 is 6.61 Å². The fraction of sp³-hybridized carbons (Fsp3) is 0.500. The summed E-state index contributed by atoms with van der Waals surface area (Å²) in [4.78, 5) is 4.46. The van der Waals surface area contributed by atoms with Crippen molar-refractivity contribution in [2.45, 2.75) is 52.4 Å². The van der Waals surface area contributed by atoms with E-state index in [0.29, 0.717) is 29.6 Å². The van der Waals surface area contributed by atoms with Crippen molar-refractivity contribution in [3.8, 4) is 5.75 Å². The second-order valence-electron chi connectivity index (χ2n) is 6.32. The number of aromatic nitrogens is 3. The van der Waals surface area contributed by atoms with Crippen LogP contribution in [-0.2, 0) is 26.1 Å². The maximum Gasteiger partial charge on any atom is 0.387 e. The van der Waals surface area contributed by atoms with Gasteiger partial charge in [-0.05, 0) is 38.0 Å². The molecule has 0 spiro atoms. The van der Waals surface area contributed by atoms with Gasteiger partial charge in [0.05, 0.1) is 13.1 Å². The molecule has 0 atom stereocenters. The number of fused-ring (bicyclic) bond motifs is 1. The molecule has 160 valence electrons. The molecule has 1 aliphatic heterocycles. The third-order valence-corrected chi connectivity index (χ3v) is 4.58. The molecule has 0 bridgehead atoms. The number of hydrogen-bond donors (Lipinski definition) is 2. The number of nitrogens with zero attached hydrogens (tertiary/aromatic N) is 4. The van der Waals surface area contributed by atoms with E-state index in [1.165, 1.54) is 12.1 Å². The second-order valence-corrected chi connectivity index (χ2v) is 6.76. The van der Waals surface area contributed by atoms with Gasteiger partial charge >= 0.3 is 6.61 Å². The Labute approximate surface area is 190 Å². The summed E-state index contributed by atoms with van der Waals surface area (Å²) in [5.74, 6) is 2.46. The van der Waals surface area contributed by atoms with Crippen molar-refractivity contribution < 1.29 is 13.5 Å². The quantitative estimate of drug-likeness (QED) is 0.318. The smallest absolute Gasteiger partial charge is 0.387 e. The topological polar surface area (TPSA) is 76.4 Å². The molecule has 2 aromatic rings. The Morgan fingerprint density at radius 1 is 1.31 bits per heavy atom. The molecule has 11 heteroatoms. The van der Waals surface area contributed by atoms with Gasteiger partial charge in [-0.3, -0.25) is 0 Å². The number of aryl methyl sites for hydroxylation is 1. The summed E-state index contributed by atoms with van der Waals surface area (Å²) < 4.78 is 31.9. The molecule has 0 saturated heterocycles. The molecule has 0 saturated carbocycles.